The molecule has 1 aromatic rings. The van der Waals surface area contributed by atoms with E-state index in [1.54, 1.807) is 0 Å². The van der Waals surface area contributed by atoms with E-state index in [0.717, 1.165) is 31.9 Å². The molecule has 0 amide bonds. The number of hydrogen-bond donors (Lipinski definition) is 1. The van der Waals surface area contributed by atoms with Gasteiger partial charge in [-0.3, -0.25) is 0 Å². The minimum Gasteiger partial charge on any atom is -0.490 e. The number of hydrogen-bond acceptors (Lipinski definition) is 3. The summed E-state index contributed by atoms with van der Waals surface area (Å²) in [6, 6.07) is 6.71. The van der Waals surface area contributed by atoms with Gasteiger partial charge in [-0.05, 0) is 69.3 Å². The second-order valence-corrected chi connectivity index (χ2v) is 6.42. The van der Waals surface area contributed by atoms with Crippen LogP contribution in [0.3, 0.4) is 0 Å². The van der Waals surface area contributed by atoms with Crippen LogP contribution in [0.15, 0.2) is 18.2 Å². The van der Waals surface area contributed by atoms with Crippen molar-refractivity contribution in [2.75, 3.05) is 31.1 Å². The first-order valence-corrected chi connectivity index (χ1v) is 8.56. The summed E-state index contributed by atoms with van der Waals surface area (Å²) in [7, 11) is 0. The van der Waals surface area contributed by atoms with Gasteiger partial charge in [-0.2, -0.15) is 0 Å². The summed E-state index contributed by atoms with van der Waals surface area (Å²) >= 11 is 0. The highest BCUT2D eigenvalue weighted by Crippen LogP contribution is 2.29. The molecule has 2 aliphatic rings. The van der Waals surface area contributed by atoms with E-state index < -0.39 is 0 Å². The van der Waals surface area contributed by atoms with E-state index in [-0.39, 0.29) is 0 Å². The van der Waals surface area contributed by atoms with E-state index >= 15 is 0 Å². The summed E-state index contributed by atoms with van der Waals surface area (Å²) in [6.45, 7) is 6.65. The lowest BCUT2D eigenvalue weighted by molar-refractivity contribution is 0.154. The predicted octanol–water partition coefficient (Wildman–Crippen LogP) is 3.51. The molecule has 0 atom stereocenters. The normalized spacial score (nSPS) is 21.1. The first kappa shape index (κ1) is 14.7. The van der Waals surface area contributed by atoms with Crippen molar-refractivity contribution in [1.29, 1.82) is 0 Å². The van der Waals surface area contributed by atoms with Crippen LogP contribution in [0, 0.1) is 6.92 Å². The van der Waals surface area contributed by atoms with E-state index in [1.165, 1.54) is 49.8 Å². The van der Waals surface area contributed by atoms with Gasteiger partial charge in [-0.15, -0.1) is 0 Å². The summed E-state index contributed by atoms with van der Waals surface area (Å²) in [4.78, 5) is 2.48. The number of ether oxygens (including phenoxy) is 1. The lowest BCUT2D eigenvalue weighted by Crippen LogP contribution is -2.27. The molecule has 3 rings (SSSR count). The molecule has 1 heterocycles. The van der Waals surface area contributed by atoms with E-state index in [2.05, 4.69) is 35.3 Å². The molecule has 0 spiro atoms. The average Bonchev–Trinajstić information content (AvgIpc) is 2.79. The molecule has 1 saturated heterocycles. The molecule has 1 N–H and O–H groups in total. The Kier molecular flexibility index (Phi) is 5.02. The van der Waals surface area contributed by atoms with Crippen molar-refractivity contribution in [3.8, 4) is 5.75 Å². The van der Waals surface area contributed by atoms with Crippen LogP contribution >= 0.6 is 0 Å². The molecular formula is C18H28N2O. The Morgan fingerprint density at radius 2 is 1.90 bits per heavy atom. The lowest BCUT2D eigenvalue weighted by Gasteiger charge is -2.26. The molecule has 1 saturated carbocycles. The van der Waals surface area contributed by atoms with E-state index in [0.29, 0.717) is 6.10 Å². The molecule has 1 aromatic carbocycles. The standard InChI is InChI=1S/C18H28N2O/c1-15-14-16(20-12-5-10-19-11-13-20)8-9-18(15)21-17-6-3-2-4-7-17/h8-9,14,17,19H,2-7,10-13H2,1H3. The van der Waals surface area contributed by atoms with Gasteiger partial charge in [0.2, 0.25) is 0 Å². The van der Waals surface area contributed by atoms with Crippen molar-refractivity contribution < 1.29 is 4.74 Å². The van der Waals surface area contributed by atoms with Crippen LogP contribution in [0.5, 0.6) is 5.75 Å². The lowest BCUT2D eigenvalue weighted by atomic mass is 9.97. The van der Waals surface area contributed by atoms with Crippen LogP contribution < -0.4 is 15.0 Å². The Morgan fingerprint density at radius 3 is 2.71 bits per heavy atom. The Bertz CT molecular complexity index is 447. The second kappa shape index (κ2) is 7.17. The number of nitrogens with one attached hydrogen (secondary N) is 1. The third-order valence-corrected chi connectivity index (χ3v) is 4.71. The fourth-order valence-electron chi connectivity index (χ4n) is 3.43. The summed E-state index contributed by atoms with van der Waals surface area (Å²) in [5.41, 5.74) is 2.61. The largest absolute Gasteiger partial charge is 0.490 e. The van der Waals surface area contributed by atoms with E-state index in [4.69, 9.17) is 4.74 Å². The highest BCUT2D eigenvalue weighted by molar-refractivity contribution is 5.53. The van der Waals surface area contributed by atoms with E-state index in [9.17, 15) is 0 Å². The topological polar surface area (TPSA) is 24.5 Å². The van der Waals surface area contributed by atoms with Gasteiger partial charge >= 0.3 is 0 Å². The van der Waals surface area contributed by atoms with Crippen molar-refractivity contribution in [3.63, 3.8) is 0 Å². The molecular weight excluding hydrogens is 260 g/mol. The van der Waals surface area contributed by atoms with Gasteiger partial charge in [0.1, 0.15) is 5.75 Å². The quantitative estimate of drug-likeness (QED) is 0.921. The van der Waals surface area contributed by atoms with Crippen LogP contribution in [0.1, 0.15) is 44.1 Å². The molecule has 1 aliphatic carbocycles. The van der Waals surface area contributed by atoms with Crippen molar-refractivity contribution >= 4 is 5.69 Å². The van der Waals surface area contributed by atoms with Crippen LogP contribution in [-0.2, 0) is 0 Å². The van der Waals surface area contributed by atoms with Gasteiger partial charge < -0.3 is 15.0 Å². The first-order chi connectivity index (χ1) is 10.3. The van der Waals surface area contributed by atoms with E-state index in [1.807, 2.05) is 0 Å². The summed E-state index contributed by atoms with van der Waals surface area (Å²) < 4.78 is 6.22. The maximum atomic E-state index is 6.22. The number of anilines is 1. The van der Waals surface area contributed by atoms with Crippen LogP contribution in [0.4, 0.5) is 5.69 Å². The molecule has 21 heavy (non-hydrogen) atoms. The third kappa shape index (κ3) is 3.91. The average molecular weight is 288 g/mol. The molecule has 0 radical (unpaired) electrons. The molecule has 3 heteroatoms. The maximum Gasteiger partial charge on any atom is 0.122 e. The molecule has 116 valence electrons. The van der Waals surface area contributed by atoms with Gasteiger partial charge in [0, 0.05) is 25.3 Å². The Morgan fingerprint density at radius 1 is 1.05 bits per heavy atom. The third-order valence-electron chi connectivity index (χ3n) is 4.71. The van der Waals surface area contributed by atoms with Crippen LogP contribution in [0.25, 0.3) is 0 Å². The zero-order valence-corrected chi connectivity index (χ0v) is 13.2. The van der Waals surface area contributed by atoms with Gasteiger partial charge in [0.25, 0.3) is 0 Å². The second-order valence-electron chi connectivity index (χ2n) is 6.42. The fraction of sp³-hybridized carbons (Fsp3) is 0.667. The first-order valence-electron chi connectivity index (χ1n) is 8.56. The van der Waals surface area contributed by atoms with Gasteiger partial charge in [0.15, 0.2) is 0 Å². The summed E-state index contributed by atoms with van der Waals surface area (Å²) in [5, 5.41) is 3.46. The van der Waals surface area contributed by atoms with Gasteiger partial charge in [0.05, 0.1) is 6.10 Å². The minimum atomic E-state index is 0.436. The highest BCUT2D eigenvalue weighted by Gasteiger charge is 2.16. The van der Waals surface area contributed by atoms with Crippen molar-refractivity contribution in [3.05, 3.63) is 23.8 Å². The van der Waals surface area contributed by atoms with Crippen molar-refractivity contribution in [2.45, 2.75) is 51.6 Å². The number of rotatable bonds is 3. The maximum absolute atomic E-state index is 6.22. The van der Waals surface area contributed by atoms with Crippen molar-refractivity contribution in [2.24, 2.45) is 0 Å². The monoisotopic (exact) mass is 288 g/mol. The molecule has 3 nitrogen and oxygen atoms in total. The Labute approximate surface area is 128 Å². The fourth-order valence-corrected chi connectivity index (χ4v) is 3.43. The summed E-state index contributed by atoms with van der Waals surface area (Å²) in [5.74, 6) is 1.08. The smallest absolute Gasteiger partial charge is 0.122 e. The van der Waals surface area contributed by atoms with Gasteiger partial charge in [-0.1, -0.05) is 6.42 Å². The Hall–Kier alpha value is -1.22. The van der Waals surface area contributed by atoms with Crippen LogP contribution in [-0.4, -0.2) is 32.3 Å². The van der Waals surface area contributed by atoms with Gasteiger partial charge in [-0.25, -0.2) is 0 Å². The van der Waals surface area contributed by atoms with Crippen LogP contribution in [0.2, 0.25) is 0 Å². The minimum absolute atomic E-state index is 0.436. The van der Waals surface area contributed by atoms with Crippen molar-refractivity contribution in [1.82, 2.24) is 5.32 Å². The number of benzene rings is 1. The Balaban J connectivity index is 1.66. The zero-order chi connectivity index (χ0) is 14.5. The molecule has 1 aliphatic heterocycles. The SMILES string of the molecule is Cc1cc(N2CCCNCC2)ccc1OC1CCCCC1. The zero-order valence-electron chi connectivity index (χ0n) is 13.2. The predicted molar refractivity (Wildman–Crippen MR) is 88.4 cm³/mol. The highest BCUT2D eigenvalue weighted by atomic mass is 16.5. The number of aryl methyl sites for hydroxylation is 1. The number of nitrogens with zero attached hydrogens (tertiary/aromatic N) is 1. The molecule has 0 aromatic heterocycles. The summed E-state index contributed by atoms with van der Waals surface area (Å²) in [6.07, 6.45) is 8.12. The molecule has 2 fully saturated rings. The molecule has 0 unspecified atom stereocenters. The molecule has 0 bridgehead atoms.